The van der Waals surface area contributed by atoms with Gasteiger partial charge in [0.05, 0.1) is 12.7 Å². The first-order chi connectivity index (χ1) is 7.58. The smallest absolute Gasteiger partial charge is 0.119 e. The van der Waals surface area contributed by atoms with Crippen molar-refractivity contribution in [2.24, 2.45) is 5.92 Å². The maximum atomic E-state index is 9.67. The fourth-order valence-corrected chi connectivity index (χ4v) is 1.68. The standard InChI is InChI=1S/C14H22O2/c1-11(2)9-13(15)7-8-16-14-6-4-5-12(3)10-14/h4-6,10-11,13,15H,7-9H2,1-3H3. The van der Waals surface area contributed by atoms with Crippen LogP contribution in [0.2, 0.25) is 0 Å². The zero-order valence-electron chi connectivity index (χ0n) is 10.4. The molecule has 90 valence electrons. The molecule has 0 heterocycles. The Bertz CT molecular complexity index is 307. The van der Waals surface area contributed by atoms with Crippen LogP contribution < -0.4 is 4.74 Å². The van der Waals surface area contributed by atoms with E-state index >= 15 is 0 Å². The molecule has 1 atom stereocenters. The van der Waals surface area contributed by atoms with Gasteiger partial charge in [-0.15, -0.1) is 0 Å². The van der Waals surface area contributed by atoms with E-state index in [0.717, 1.165) is 12.2 Å². The lowest BCUT2D eigenvalue weighted by molar-refractivity contribution is 0.118. The van der Waals surface area contributed by atoms with Crippen LogP contribution >= 0.6 is 0 Å². The summed E-state index contributed by atoms with van der Waals surface area (Å²) in [5.41, 5.74) is 1.19. The van der Waals surface area contributed by atoms with Crippen LogP contribution in [0.4, 0.5) is 0 Å². The lowest BCUT2D eigenvalue weighted by Gasteiger charge is -2.13. The number of benzene rings is 1. The van der Waals surface area contributed by atoms with Gasteiger partial charge in [-0.1, -0.05) is 26.0 Å². The van der Waals surface area contributed by atoms with Gasteiger partial charge in [0.1, 0.15) is 5.75 Å². The first kappa shape index (κ1) is 13.0. The molecule has 1 aromatic carbocycles. The average Bonchev–Trinajstić information content (AvgIpc) is 2.16. The Morgan fingerprint density at radius 3 is 2.69 bits per heavy atom. The van der Waals surface area contributed by atoms with Crippen molar-refractivity contribution in [3.05, 3.63) is 29.8 Å². The highest BCUT2D eigenvalue weighted by molar-refractivity contribution is 5.27. The molecule has 0 spiro atoms. The molecule has 0 saturated heterocycles. The SMILES string of the molecule is Cc1cccc(OCCC(O)CC(C)C)c1. The summed E-state index contributed by atoms with van der Waals surface area (Å²) in [6, 6.07) is 7.98. The van der Waals surface area contributed by atoms with Gasteiger partial charge in [-0.2, -0.15) is 0 Å². The fourth-order valence-electron chi connectivity index (χ4n) is 1.68. The van der Waals surface area contributed by atoms with Crippen molar-refractivity contribution >= 4 is 0 Å². The molecule has 0 radical (unpaired) electrons. The Balaban J connectivity index is 2.25. The highest BCUT2D eigenvalue weighted by Gasteiger charge is 2.06. The molecule has 1 unspecified atom stereocenters. The first-order valence-corrected chi connectivity index (χ1v) is 5.95. The summed E-state index contributed by atoms with van der Waals surface area (Å²) in [7, 11) is 0. The molecule has 0 aliphatic rings. The minimum absolute atomic E-state index is 0.246. The van der Waals surface area contributed by atoms with Gasteiger partial charge < -0.3 is 9.84 Å². The summed E-state index contributed by atoms with van der Waals surface area (Å²) in [4.78, 5) is 0. The summed E-state index contributed by atoms with van der Waals surface area (Å²) >= 11 is 0. The quantitative estimate of drug-likeness (QED) is 0.801. The highest BCUT2D eigenvalue weighted by Crippen LogP contribution is 2.14. The zero-order valence-corrected chi connectivity index (χ0v) is 10.4. The summed E-state index contributed by atoms with van der Waals surface area (Å²) in [5, 5.41) is 9.67. The molecule has 0 bridgehead atoms. The van der Waals surface area contributed by atoms with Gasteiger partial charge in [-0.3, -0.25) is 0 Å². The van der Waals surface area contributed by atoms with Crippen molar-refractivity contribution in [3.63, 3.8) is 0 Å². The van der Waals surface area contributed by atoms with Crippen molar-refractivity contribution in [2.45, 2.75) is 39.7 Å². The summed E-state index contributed by atoms with van der Waals surface area (Å²) in [6.07, 6.45) is 1.30. The van der Waals surface area contributed by atoms with Crippen molar-refractivity contribution in [2.75, 3.05) is 6.61 Å². The number of ether oxygens (including phenoxy) is 1. The highest BCUT2D eigenvalue weighted by atomic mass is 16.5. The molecule has 16 heavy (non-hydrogen) atoms. The second kappa shape index (κ2) is 6.54. The lowest BCUT2D eigenvalue weighted by Crippen LogP contribution is -2.14. The summed E-state index contributed by atoms with van der Waals surface area (Å²) < 4.78 is 5.58. The molecule has 2 nitrogen and oxygen atoms in total. The third-order valence-electron chi connectivity index (χ3n) is 2.45. The summed E-state index contributed by atoms with van der Waals surface area (Å²) in [6.45, 7) is 6.85. The van der Waals surface area contributed by atoms with Crippen LogP contribution in [0.3, 0.4) is 0 Å². The number of rotatable bonds is 6. The maximum Gasteiger partial charge on any atom is 0.119 e. The Labute approximate surface area is 98.3 Å². The van der Waals surface area contributed by atoms with Gasteiger partial charge in [-0.25, -0.2) is 0 Å². The molecule has 0 aliphatic heterocycles. The van der Waals surface area contributed by atoms with Crippen LogP contribution in [0.15, 0.2) is 24.3 Å². The molecule has 1 aromatic rings. The number of aliphatic hydroxyl groups is 1. The second-order valence-electron chi connectivity index (χ2n) is 4.74. The maximum absolute atomic E-state index is 9.67. The van der Waals surface area contributed by atoms with Gasteiger partial charge in [0.25, 0.3) is 0 Å². The van der Waals surface area contributed by atoms with Crippen LogP contribution in [0.1, 0.15) is 32.3 Å². The number of hydrogen-bond donors (Lipinski definition) is 1. The molecule has 1 N–H and O–H groups in total. The van der Waals surface area contributed by atoms with E-state index in [1.165, 1.54) is 5.56 Å². The van der Waals surface area contributed by atoms with Crippen molar-refractivity contribution in [1.82, 2.24) is 0 Å². The third-order valence-corrected chi connectivity index (χ3v) is 2.45. The van der Waals surface area contributed by atoms with E-state index in [2.05, 4.69) is 13.8 Å². The predicted molar refractivity (Wildman–Crippen MR) is 66.8 cm³/mol. The van der Waals surface area contributed by atoms with Crippen LogP contribution in [0.5, 0.6) is 5.75 Å². The van der Waals surface area contributed by atoms with Crippen LogP contribution in [-0.2, 0) is 0 Å². The van der Waals surface area contributed by atoms with E-state index in [1.54, 1.807) is 0 Å². The molecular formula is C14H22O2. The number of aryl methyl sites for hydroxylation is 1. The van der Waals surface area contributed by atoms with Crippen LogP contribution in [0.25, 0.3) is 0 Å². The topological polar surface area (TPSA) is 29.5 Å². The number of aliphatic hydroxyl groups excluding tert-OH is 1. The molecule has 1 rings (SSSR count). The molecule has 0 fully saturated rings. The van der Waals surface area contributed by atoms with E-state index in [-0.39, 0.29) is 6.10 Å². The lowest BCUT2D eigenvalue weighted by atomic mass is 10.0. The van der Waals surface area contributed by atoms with E-state index in [9.17, 15) is 5.11 Å². The Morgan fingerprint density at radius 2 is 2.06 bits per heavy atom. The van der Waals surface area contributed by atoms with E-state index in [1.807, 2.05) is 31.2 Å². The minimum Gasteiger partial charge on any atom is -0.493 e. The monoisotopic (exact) mass is 222 g/mol. The normalized spacial score (nSPS) is 12.8. The van der Waals surface area contributed by atoms with E-state index in [4.69, 9.17) is 4.74 Å². The molecule has 0 aliphatic carbocycles. The van der Waals surface area contributed by atoms with Crippen molar-refractivity contribution < 1.29 is 9.84 Å². The van der Waals surface area contributed by atoms with Gasteiger partial charge in [0, 0.05) is 6.42 Å². The summed E-state index contributed by atoms with van der Waals surface area (Å²) in [5.74, 6) is 1.42. The van der Waals surface area contributed by atoms with E-state index < -0.39 is 0 Å². The second-order valence-corrected chi connectivity index (χ2v) is 4.74. The van der Waals surface area contributed by atoms with Gasteiger partial charge in [-0.05, 0) is 37.0 Å². The Hall–Kier alpha value is -1.02. The minimum atomic E-state index is -0.246. The van der Waals surface area contributed by atoms with Gasteiger partial charge in [0.15, 0.2) is 0 Å². The number of hydrogen-bond acceptors (Lipinski definition) is 2. The Kier molecular flexibility index (Phi) is 5.33. The van der Waals surface area contributed by atoms with E-state index in [0.29, 0.717) is 18.9 Å². The van der Waals surface area contributed by atoms with Crippen molar-refractivity contribution in [1.29, 1.82) is 0 Å². The first-order valence-electron chi connectivity index (χ1n) is 5.95. The van der Waals surface area contributed by atoms with Crippen molar-refractivity contribution in [3.8, 4) is 5.75 Å². The third kappa shape index (κ3) is 5.17. The van der Waals surface area contributed by atoms with Crippen LogP contribution in [0, 0.1) is 12.8 Å². The fraction of sp³-hybridized carbons (Fsp3) is 0.571. The molecule has 0 amide bonds. The zero-order chi connectivity index (χ0) is 12.0. The molecule has 0 saturated carbocycles. The predicted octanol–water partition coefficient (Wildman–Crippen LogP) is 3.17. The Morgan fingerprint density at radius 1 is 1.31 bits per heavy atom. The average molecular weight is 222 g/mol. The molecular weight excluding hydrogens is 200 g/mol. The van der Waals surface area contributed by atoms with Crippen LogP contribution in [-0.4, -0.2) is 17.8 Å². The van der Waals surface area contributed by atoms with Gasteiger partial charge in [0.2, 0.25) is 0 Å². The largest absolute Gasteiger partial charge is 0.493 e. The molecule has 0 aromatic heterocycles. The molecule has 2 heteroatoms. The van der Waals surface area contributed by atoms with Gasteiger partial charge >= 0.3 is 0 Å².